The zero-order chi connectivity index (χ0) is 13.2. The maximum Gasteiger partial charge on any atom is 0.308 e. The van der Waals surface area contributed by atoms with Crippen molar-refractivity contribution in [2.24, 2.45) is 11.8 Å². The molecular weight excluding hydrogens is 224 g/mol. The molecule has 6 heteroatoms. The van der Waals surface area contributed by atoms with Gasteiger partial charge in [0.05, 0.1) is 11.8 Å². The first kappa shape index (κ1) is 13.5. The highest BCUT2D eigenvalue weighted by Crippen LogP contribution is 2.16. The summed E-state index contributed by atoms with van der Waals surface area (Å²) in [5, 5.41) is 11.4. The molecule has 1 heterocycles. The van der Waals surface area contributed by atoms with Crippen molar-refractivity contribution >= 4 is 17.8 Å². The van der Waals surface area contributed by atoms with Gasteiger partial charge in [-0.05, 0) is 13.8 Å². The molecule has 0 bridgehead atoms. The molecule has 2 N–H and O–H groups in total. The lowest BCUT2D eigenvalue weighted by Crippen LogP contribution is -2.43. The molecule has 0 spiro atoms. The van der Waals surface area contributed by atoms with E-state index < -0.39 is 17.9 Å². The Morgan fingerprint density at radius 3 is 2.47 bits per heavy atom. The quantitative estimate of drug-likeness (QED) is 0.708. The van der Waals surface area contributed by atoms with Gasteiger partial charge in [0.1, 0.15) is 0 Å². The molecule has 1 rings (SSSR count). The lowest BCUT2D eigenvalue weighted by molar-refractivity contribution is -0.142. The highest BCUT2D eigenvalue weighted by atomic mass is 16.4. The monoisotopic (exact) mass is 242 g/mol. The maximum atomic E-state index is 11.8. The Hall–Kier alpha value is -1.59. The van der Waals surface area contributed by atoms with E-state index in [0.29, 0.717) is 6.54 Å². The molecule has 0 aromatic heterocycles. The number of hydrogen-bond donors (Lipinski definition) is 2. The van der Waals surface area contributed by atoms with E-state index in [0.717, 1.165) is 0 Å². The van der Waals surface area contributed by atoms with Crippen LogP contribution in [-0.4, -0.2) is 47.4 Å². The van der Waals surface area contributed by atoms with Gasteiger partial charge < -0.3 is 15.3 Å². The number of aliphatic carboxylic acids is 1. The second kappa shape index (κ2) is 5.16. The Bertz CT molecular complexity index is 342. The first-order valence-corrected chi connectivity index (χ1v) is 5.60. The summed E-state index contributed by atoms with van der Waals surface area (Å²) in [6.45, 7) is 3.59. The molecule has 0 aliphatic carbocycles. The van der Waals surface area contributed by atoms with Gasteiger partial charge in [-0.25, -0.2) is 0 Å². The number of carbonyl (C=O) groups excluding carboxylic acids is 2. The largest absolute Gasteiger partial charge is 0.481 e. The molecule has 1 aliphatic rings. The number of carbonyl (C=O) groups is 3. The summed E-state index contributed by atoms with van der Waals surface area (Å²) in [5.74, 6) is -2.26. The molecule has 2 amide bonds. The van der Waals surface area contributed by atoms with E-state index in [2.05, 4.69) is 5.32 Å². The normalized spacial score (nSPS) is 23.4. The zero-order valence-corrected chi connectivity index (χ0v) is 10.3. The third-order valence-electron chi connectivity index (χ3n) is 3.22. The van der Waals surface area contributed by atoms with Gasteiger partial charge in [0, 0.05) is 26.1 Å². The number of carboxylic acids is 1. The average molecular weight is 242 g/mol. The second-order valence-corrected chi connectivity index (χ2v) is 4.60. The first-order valence-electron chi connectivity index (χ1n) is 5.60. The van der Waals surface area contributed by atoms with E-state index >= 15 is 0 Å². The molecule has 0 saturated carbocycles. The number of nitrogens with one attached hydrogen (secondary N) is 1. The fourth-order valence-corrected chi connectivity index (χ4v) is 1.72. The molecule has 0 aromatic carbocycles. The van der Waals surface area contributed by atoms with E-state index in [-0.39, 0.29) is 24.2 Å². The maximum absolute atomic E-state index is 11.8. The number of rotatable bonds is 4. The summed E-state index contributed by atoms with van der Waals surface area (Å²) < 4.78 is 0. The van der Waals surface area contributed by atoms with Crippen LogP contribution in [0.15, 0.2) is 0 Å². The van der Waals surface area contributed by atoms with Gasteiger partial charge in [-0.15, -0.1) is 0 Å². The molecule has 6 nitrogen and oxygen atoms in total. The van der Waals surface area contributed by atoms with Crippen LogP contribution < -0.4 is 5.32 Å². The number of likely N-dealkylation sites (tertiary alicyclic amines) is 1. The molecule has 0 aromatic rings. The van der Waals surface area contributed by atoms with Crippen molar-refractivity contribution < 1.29 is 19.5 Å². The van der Waals surface area contributed by atoms with Crippen LogP contribution >= 0.6 is 0 Å². The Morgan fingerprint density at radius 1 is 1.47 bits per heavy atom. The number of amides is 2. The summed E-state index contributed by atoms with van der Waals surface area (Å²) in [5.41, 5.74) is 0. The molecule has 3 unspecified atom stereocenters. The Morgan fingerprint density at radius 2 is 2.06 bits per heavy atom. The summed E-state index contributed by atoms with van der Waals surface area (Å²) in [7, 11) is 1.65. The molecule has 17 heavy (non-hydrogen) atoms. The van der Waals surface area contributed by atoms with Crippen molar-refractivity contribution in [1.82, 2.24) is 10.2 Å². The number of carboxylic acid groups (broad SMARTS) is 1. The summed E-state index contributed by atoms with van der Waals surface area (Å²) in [4.78, 5) is 35.3. The number of hydrogen-bond acceptors (Lipinski definition) is 3. The minimum atomic E-state index is -0.947. The molecule has 3 atom stereocenters. The molecular formula is C11H18N2O4. The Kier molecular flexibility index (Phi) is 4.09. The SMILES string of the molecule is CC(NC(=O)C1CC(=O)N(C)C1)C(C)C(=O)O. The van der Waals surface area contributed by atoms with Gasteiger partial charge >= 0.3 is 5.97 Å². The van der Waals surface area contributed by atoms with Gasteiger partial charge in [-0.1, -0.05) is 0 Å². The van der Waals surface area contributed by atoms with E-state index in [1.54, 1.807) is 20.9 Å². The first-order chi connectivity index (χ1) is 7.82. The van der Waals surface area contributed by atoms with Crippen LogP contribution in [0.4, 0.5) is 0 Å². The van der Waals surface area contributed by atoms with Crippen LogP contribution in [0.25, 0.3) is 0 Å². The van der Waals surface area contributed by atoms with E-state index in [1.165, 1.54) is 4.90 Å². The van der Waals surface area contributed by atoms with Crippen LogP contribution in [-0.2, 0) is 14.4 Å². The van der Waals surface area contributed by atoms with Crippen LogP contribution in [0.5, 0.6) is 0 Å². The highest BCUT2D eigenvalue weighted by Gasteiger charge is 2.33. The average Bonchev–Trinajstić information content (AvgIpc) is 2.58. The van der Waals surface area contributed by atoms with Crippen molar-refractivity contribution in [2.75, 3.05) is 13.6 Å². The predicted molar refractivity (Wildman–Crippen MR) is 60.1 cm³/mol. The van der Waals surface area contributed by atoms with Crippen molar-refractivity contribution in [3.63, 3.8) is 0 Å². The van der Waals surface area contributed by atoms with Gasteiger partial charge in [-0.3, -0.25) is 14.4 Å². The fraction of sp³-hybridized carbons (Fsp3) is 0.727. The van der Waals surface area contributed by atoms with Crippen molar-refractivity contribution in [3.05, 3.63) is 0 Å². The van der Waals surface area contributed by atoms with Gasteiger partial charge in [0.2, 0.25) is 11.8 Å². The number of nitrogens with zero attached hydrogens (tertiary/aromatic N) is 1. The van der Waals surface area contributed by atoms with Crippen LogP contribution in [0.3, 0.4) is 0 Å². The minimum Gasteiger partial charge on any atom is -0.481 e. The van der Waals surface area contributed by atoms with Crippen molar-refractivity contribution in [1.29, 1.82) is 0 Å². The van der Waals surface area contributed by atoms with Crippen molar-refractivity contribution in [3.8, 4) is 0 Å². The zero-order valence-electron chi connectivity index (χ0n) is 10.3. The third-order valence-corrected chi connectivity index (χ3v) is 3.22. The van der Waals surface area contributed by atoms with E-state index in [4.69, 9.17) is 5.11 Å². The Balaban J connectivity index is 2.50. The van der Waals surface area contributed by atoms with Crippen LogP contribution in [0, 0.1) is 11.8 Å². The van der Waals surface area contributed by atoms with Crippen LogP contribution in [0.1, 0.15) is 20.3 Å². The molecule has 96 valence electrons. The van der Waals surface area contributed by atoms with E-state index in [1.807, 2.05) is 0 Å². The van der Waals surface area contributed by atoms with Gasteiger partial charge in [0.25, 0.3) is 0 Å². The highest BCUT2D eigenvalue weighted by molar-refractivity contribution is 5.89. The molecule has 1 aliphatic heterocycles. The Labute approximate surface area is 100.0 Å². The lowest BCUT2D eigenvalue weighted by Gasteiger charge is -2.19. The minimum absolute atomic E-state index is 0.0518. The summed E-state index contributed by atoms with van der Waals surface area (Å²) >= 11 is 0. The topological polar surface area (TPSA) is 86.7 Å². The predicted octanol–water partition coefficient (Wildman–Crippen LogP) is -0.310. The van der Waals surface area contributed by atoms with E-state index in [9.17, 15) is 14.4 Å². The summed E-state index contributed by atoms with van der Waals surface area (Å²) in [6.07, 6.45) is 0.205. The fourth-order valence-electron chi connectivity index (χ4n) is 1.72. The smallest absolute Gasteiger partial charge is 0.308 e. The van der Waals surface area contributed by atoms with Crippen molar-refractivity contribution in [2.45, 2.75) is 26.3 Å². The lowest BCUT2D eigenvalue weighted by atomic mass is 10.0. The standard InChI is InChI=1S/C11H18N2O4/c1-6(11(16)17)7(2)12-10(15)8-4-9(14)13(3)5-8/h6-8H,4-5H2,1-3H3,(H,12,15)(H,16,17). The van der Waals surface area contributed by atoms with Gasteiger partial charge in [0.15, 0.2) is 0 Å². The molecule has 1 fully saturated rings. The summed E-state index contributed by atoms with van der Waals surface area (Å²) in [6, 6.07) is -0.444. The van der Waals surface area contributed by atoms with Crippen LogP contribution in [0.2, 0.25) is 0 Å². The third kappa shape index (κ3) is 3.18. The van der Waals surface area contributed by atoms with Gasteiger partial charge in [-0.2, -0.15) is 0 Å². The molecule has 1 saturated heterocycles. The second-order valence-electron chi connectivity index (χ2n) is 4.60. The molecule has 0 radical (unpaired) electrons.